The highest BCUT2D eigenvalue weighted by molar-refractivity contribution is 9.10. The summed E-state index contributed by atoms with van der Waals surface area (Å²) in [6.07, 6.45) is 0. The Labute approximate surface area is 218 Å². The molecule has 2 heteroatoms. The zero-order valence-electron chi connectivity index (χ0n) is 19.5. The van der Waals surface area contributed by atoms with Gasteiger partial charge in [0.05, 0.1) is 16.7 Å². The van der Waals surface area contributed by atoms with Crippen molar-refractivity contribution in [3.05, 3.63) is 138 Å². The van der Waals surface area contributed by atoms with Crippen molar-refractivity contribution in [2.45, 2.75) is 0 Å². The van der Waals surface area contributed by atoms with Crippen molar-refractivity contribution < 1.29 is 0 Å². The number of rotatable bonds is 3. The predicted octanol–water partition coefficient (Wildman–Crippen LogP) is 10.0. The summed E-state index contributed by atoms with van der Waals surface area (Å²) >= 11 is 3.61. The molecular weight excluding hydrogens is 502 g/mol. The van der Waals surface area contributed by atoms with Gasteiger partial charge in [-0.15, -0.1) is 0 Å². The van der Waals surface area contributed by atoms with Gasteiger partial charge in [0.1, 0.15) is 0 Å². The van der Waals surface area contributed by atoms with E-state index in [9.17, 15) is 0 Å². The summed E-state index contributed by atoms with van der Waals surface area (Å²) in [5.74, 6) is 0. The Bertz CT molecular complexity index is 1910. The molecule has 1 heterocycles. The minimum atomic E-state index is 1.09. The molecular formula is C34H22BrN. The molecule has 0 spiro atoms. The van der Waals surface area contributed by atoms with Crippen molar-refractivity contribution in [2.75, 3.05) is 0 Å². The van der Waals surface area contributed by atoms with Crippen LogP contribution in [0.2, 0.25) is 0 Å². The second kappa shape index (κ2) is 8.51. The van der Waals surface area contributed by atoms with Crippen LogP contribution < -0.4 is 0 Å². The van der Waals surface area contributed by atoms with Crippen LogP contribution in [0.15, 0.2) is 138 Å². The van der Waals surface area contributed by atoms with Gasteiger partial charge in [-0.2, -0.15) is 0 Å². The molecule has 0 aliphatic heterocycles. The van der Waals surface area contributed by atoms with Gasteiger partial charge in [-0.25, -0.2) is 0 Å². The fourth-order valence-corrected chi connectivity index (χ4v) is 5.76. The third-order valence-corrected chi connectivity index (χ3v) is 7.53. The number of hydrogen-bond donors (Lipinski definition) is 0. The first-order chi connectivity index (χ1) is 17.8. The molecule has 0 N–H and O–H groups in total. The lowest BCUT2D eigenvalue weighted by atomic mass is 9.98. The smallest absolute Gasteiger partial charge is 0.0541 e. The van der Waals surface area contributed by atoms with Crippen molar-refractivity contribution in [3.8, 4) is 27.9 Å². The first-order valence-electron chi connectivity index (χ1n) is 12.1. The topological polar surface area (TPSA) is 4.93 Å². The summed E-state index contributed by atoms with van der Waals surface area (Å²) < 4.78 is 3.50. The average molecular weight is 524 g/mol. The monoisotopic (exact) mass is 523 g/mol. The highest BCUT2D eigenvalue weighted by atomic mass is 79.9. The van der Waals surface area contributed by atoms with Crippen molar-refractivity contribution in [2.24, 2.45) is 0 Å². The first-order valence-corrected chi connectivity index (χ1v) is 12.9. The minimum Gasteiger partial charge on any atom is -0.309 e. The fourth-order valence-electron chi connectivity index (χ4n) is 5.36. The van der Waals surface area contributed by atoms with Crippen LogP contribution in [0, 0.1) is 0 Å². The Balaban J connectivity index is 1.45. The molecule has 0 fully saturated rings. The summed E-state index contributed by atoms with van der Waals surface area (Å²) in [7, 11) is 0. The van der Waals surface area contributed by atoms with Crippen LogP contribution in [-0.4, -0.2) is 4.57 Å². The lowest BCUT2D eigenvalue weighted by molar-refractivity contribution is 1.20. The molecule has 0 unspecified atom stereocenters. The summed E-state index contributed by atoms with van der Waals surface area (Å²) in [6, 6.07) is 48.1. The molecule has 170 valence electrons. The second-order valence-electron chi connectivity index (χ2n) is 9.17. The van der Waals surface area contributed by atoms with Crippen LogP contribution >= 0.6 is 15.9 Å². The Morgan fingerprint density at radius 1 is 0.417 bits per heavy atom. The molecule has 7 rings (SSSR count). The molecule has 0 aliphatic rings. The maximum Gasteiger partial charge on any atom is 0.0541 e. The lowest BCUT2D eigenvalue weighted by Crippen LogP contribution is -1.95. The summed E-state index contributed by atoms with van der Waals surface area (Å²) in [4.78, 5) is 0. The molecule has 36 heavy (non-hydrogen) atoms. The normalized spacial score (nSPS) is 11.5. The van der Waals surface area contributed by atoms with Gasteiger partial charge in [0.2, 0.25) is 0 Å². The van der Waals surface area contributed by atoms with E-state index >= 15 is 0 Å². The van der Waals surface area contributed by atoms with Gasteiger partial charge < -0.3 is 4.57 Å². The van der Waals surface area contributed by atoms with Crippen molar-refractivity contribution in [3.63, 3.8) is 0 Å². The number of aromatic nitrogens is 1. The van der Waals surface area contributed by atoms with E-state index in [1.54, 1.807) is 0 Å². The van der Waals surface area contributed by atoms with E-state index in [0.29, 0.717) is 0 Å². The van der Waals surface area contributed by atoms with E-state index in [-0.39, 0.29) is 0 Å². The molecule has 7 aromatic rings. The number of para-hydroxylation sites is 1. The second-order valence-corrected chi connectivity index (χ2v) is 10.1. The standard InChI is InChI=1S/C34H22BrN/c35-28-13-6-12-26(21-28)24-10-5-11-25(20-24)27-18-19-34-31(22-27)30-15-3-4-16-33(30)36(34)32-17-7-9-23-8-1-2-14-29(23)32/h1-22H. The van der Waals surface area contributed by atoms with E-state index in [1.165, 1.54) is 60.5 Å². The zero-order chi connectivity index (χ0) is 24.1. The highest BCUT2D eigenvalue weighted by Gasteiger charge is 2.15. The fraction of sp³-hybridized carbons (Fsp3) is 0. The predicted molar refractivity (Wildman–Crippen MR) is 157 cm³/mol. The van der Waals surface area contributed by atoms with Crippen molar-refractivity contribution in [1.29, 1.82) is 0 Å². The van der Waals surface area contributed by atoms with Crippen molar-refractivity contribution in [1.82, 2.24) is 4.57 Å². The summed E-state index contributed by atoms with van der Waals surface area (Å²) in [6.45, 7) is 0. The van der Waals surface area contributed by atoms with Gasteiger partial charge in [0, 0.05) is 20.6 Å². The maximum atomic E-state index is 3.61. The Kier molecular flexibility index (Phi) is 5.00. The number of nitrogens with zero attached hydrogens (tertiary/aromatic N) is 1. The molecule has 1 aromatic heterocycles. The van der Waals surface area contributed by atoms with E-state index < -0.39 is 0 Å². The van der Waals surface area contributed by atoms with Gasteiger partial charge in [0.15, 0.2) is 0 Å². The van der Waals surface area contributed by atoms with Crippen LogP contribution in [0.5, 0.6) is 0 Å². The maximum absolute atomic E-state index is 3.61. The summed E-state index contributed by atoms with van der Waals surface area (Å²) in [5, 5.41) is 5.05. The Morgan fingerprint density at radius 3 is 1.86 bits per heavy atom. The quantitative estimate of drug-likeness (QED) is 0.217. The van der Waals surface area contributed by atoms with Crippen LogP contribution in [0.1, 0.15) is 0 Å². The summed E-state index contributed by atoms with van der Waals surface area (Å²) in [5.41, 5.74) is 8.52. The lowest BCUT2D eigenvalue weighted by Gasteiger charge is -2.12. The van der Waals surface area contributed by atoms with Gasteiger partial charge in [0.25, 0.3) is 0 Å². The number of benzene rings is 6. The largest absolute Gasteiger partial charge is 0.309 e. The average Bonchev–Trinajstić information content (AvgIpc) is 3.26. The van der Waals surface area contributed by atoms with E-state index in [2.05, 4.69) is 154 Å². The third-order valence-electron chi connectivity index (χ3n) is 7.03. The van der Waals surface area contributed by atoms with E-state index in [4.69, 9.17) is 0 Å². The van der Waals surface area contributed by atoms with Crippen molar-refractivity contribution >= 4 is 48.5 Å². The molecule has 0 radical (unpaired) electrons. The molecule has 0 aliphatic carbocycles. The highest BCUT2D eigenvalue weighted by Crippen LogP contribution is 2.37. The molecule has 0 amide bonds. The van der Waals surface area contributed by atoms with Gasteiger partial charge in [-0.1, -0.05) is 107 Å². The first kappa shape index (κ1) is 21.2. The third kappa shape index (κ3) is 3.45. The van der Waals surface area contributed by atoms with Gasteiger partial charge in [-0.3, -0.25) is 0 Å². The molecule has 0 saturated carbocycles. The molecule has 6 aromatic carbocycles. The van der Waals surface area contributed by atoms with Crippen LogP contribution in [0.25, 0.3) is 60.5 Å². The number of fused-ring (bicyclic) bond motifs is 4. The van der Waals surface area contributed by atoms with Crippen LogP contribution in [-0.2, 0) is 0 Å². The number of halogens is 1. The minimum absolute atomic E-state index is 1.09. The van der Waals surface area contributed by atoms with Gasteiger partial charge in [-0.05, 0) is 70.1 Å². The molecule has 0 atom stereocenters. The van der Waals surface area contributed by atoms with Gasteiger partial charge >= 0.3 is 0 Å². The Morgan fingerprint density at radius 2 is 1.03 bits per heavy atom. The molecule has 0 saturated heterocycles. The molecule has 0 bridgehead atoms. The van der Waals surface area contributed by atoms with E-state index in [1.807, 2.05) is 0 Å². The molecule has 1 nitrogen and oxygen atoms in total. The van der Waals surface area contributed by atoms with E-state index in [0.717, 1.165) is 4.47 Å². The van der Waals surface area contributed by atoms with Crippen LogP contribution in [0.4, 0.5) is 0 Å². The van der Waals surface area contributed by atoms with Crippen LogP contribution in [0.3, 0.4) is 0 Å². The SMILES string of the molecule is Brc1cccc(-c2cccc(-c3ccc4c(c3)c3ccccc3n4-c3cccc4ccccc34)c2)c1. The Hall–Kier alpha value is -4.14. The number of hydrogen-bond acceptors (Lipinski definition) is 0. The zero-order valence-corrected chi connectivity index (χ0v) is 21.1.